The second-order valence-electron chi connectivity index (χ2n) is 6.23. The predicted octanol–water partition coefficient (Wildman–Crippen LogP) is 2.52. The zero-order valence-corrected chi connectivity index (χ0v) is 15.2. The van der Waals surface area contributed by atoms with E-state index in [1.54, 1.807) is 17.8 Å². The molecule has 0 saturated carbocycles. The third-order valence-electron chi connectivity index (χ3n) is 4.74. The summed E-state index contributed by atoms with van der Waals surface area (Å²) in [6, 6.07) is 5.56. The van der Waals surface area contributed by atoms with Gasteiger partial charge >= 0.3 is 0 Å². The molecule has 26 heavy (non-hydrogen) atoms. The highest BCUT2D eigenvalue weighted by Crippen LogP contribution is 2.33. The fourth-order valence-corrected chi connectivity index (χ4v) is 4.16. The molecule has 0 bridgehead atoms. The van der Waals surface area contributed by atoms with E-state index in [-0.39, 0.29) is 17.9 Å². The zero-order chi connectivity index (χ0) is 18.1. The van der Waals surface area contributed by atoms with E-state index in [4.69, 9.17) is 0 Å². The maximum absolute atomic E-state index is 13.0. The lowest BCUT2D eigenvalue weighted by Crippen LogP contribution is -2.39. The van der Waals surface area contributed by atoms with Gasteiger partial charge in [0.25, 0.3) is 11.8 Å². The van der Waals surface area contributed by atoms with E-state index in [2.05, 4.69) is 15.4 Å². The Kier molecular flexibility index (Phi) is 4.42. The lowest BCUT2D eigenvalue weighted by atomic mass is 9.98. The number of hydrogen-bond donors (Lipinski definition) is 1. The highest BCUT2D eigenvalue weighted by Gasteiger charge is 2.31. The van der Waals surface area contributed by atoms with Crippen molar-refractivity contribution in [2.75, 3.05) is 13.6 Å². The monoisotopic (exact) mass is 369 g/mol. The lowest BCUT2D eigenvalue weighted by molar-refractivity contribution is 0.0608. The minimum Gasteiger partial charge on any atom is -0.355 e. The molecule has 1 aliphatic rings. The molecule has 0 aromatic carbocycles. The molecule has 1 unspecified atom stereocenters. The summed E-state index contributed by atoms with van der Waals surface area (Å²) in [5.41, 5.74) is 1.83. The Hall–Kier alpha value is -2.74. The van der Waals surface area contributed by atoms with Crippen LogP contribution in [0.3, 0.4) is 0 Å². The largest absolute Gasteiger partial charge is 0.355 e. The van der Waals surface area contributed by atoms with Crippen molar-refractivity contribution in [2.45, 2.75) is 25.3 Å². The number of nitrogens with one attached hydrogen (secondary N) is 1. The van der Waals surface area contributed by atoms with Crippen molar-refractivity contribution in [2.24, 2.45) is 0 Å². The average Bonchev–Trinajstić information content (AvgIpc) is 3.36. The number of nitrogens with zero attached hydrogens (tertiary/aromatic N) is 4. The normalized spacial score (nSPS) is 17.4. The summed E-state index contributed by atoms with van der Waals surface area (Å²) >= 11 is 1.46. The Morgan fingerprint density at radius 1 is 1.31 bits per heavy atom. The van der Waals surface area contributed by atoms with Gasteiger partial charge in [-0.1, -0.05) is 6.07 Å². The Morgan fingerprint density at radius 2 is 2.19 bits per heavy atom. The molecule has 1 fully saturated rings. The first kappa shape index (κ1) is 16.7. The summed E-state index contributed by atoms with van der Waals surface area (Å²) < 4.78 is 1.69. The molecule has 1 atom stereocenters. The number of piperidine rings is 1. The third-order valence-corrected chi connectivity index (χ3v) is 5.60. The molecule has 1 N–H and O–H groups in total. The summed E-state index contributed by atoms with van der Waals surface area (Å²) in [7, 11) is 1.58. The van der Waals surface area contributed by atoms with E-state index in [0.717, 1.165) is 36.4 Å². The van der Waals surface area contributed by atoms with Crippen molar-refractivity contribution in [1.82, 2.24) is 24.8 Å². The van der Waals surface area contributed by atoms with Crippen molar-refractivity contribution >= 4 is 28.8 Å². The molecule has 3 aromatic heterocycles. The number of hydrogen-bond acceptors (Lipinski definition) is 5. The first-order valence-electron chi connectivity index (χ1n) is 8.60. The van der Waals surface area contributed by atoms with Crippen LogP contribution in [0.5, 0.6) is 0 Å². The summed E-state index contributed by atoms with van der Waals surface area (Å²) in [5, 5.41) is 8.90. The molecule has 1 saturated heterocycles. The molecule has 0 aliphatic carbocycles. The second kappa shape index (κ2) is 6.87. The van der Waals surface area contributed by atoms with Gasteiger partial charge in [-0.05, 0) is 36.8 Å². The first-order chi connectivity index (χ1) is 12.7. The Labute approximate surface area is 154 Å². The van der Waals surface area contributed by atoms with Crippen LogP contribution in [0.15, 0.2) is 36.0 Å². The maximum Gasteiger partial charge on any atom is 0.264 e. The van der Waals surface area contributed by atoms with Crippen LogP contribution in [-0.4, -0.2) is 44.9 Å². The van der Waals surface area contributed by atoms with Gasteiger partial charge in [0.15, 0.2) is 5.65 Å². The topological polar surface area (TPSA) is 79.6 Å². The molecular weight excluding hydrogens is 350 g/mol. The number of rotatable bonds is 3. The molecule has 0 spiro atoms. The summed E-state index contributed by atoms with van der Waals surface area (Å²) in [6.45, 7) is 0.717. The summed E-state index contributed by atoms with van der Waals surface area (Å²) in [6.07, 6.45) is 6.11. The van der Waals surface area contributed by atoms with Crippen LogP contribution in [-0.2, 0) is 0 Å². The van der Waals surface area contributed by atoms with Crippen LogP contribution in [0.1, 0.15) is 51.0 Å². The maximum atomic E-state index is 13.0. The quantitative estimate of drug-likeness (QED) is 0.769. The minimum atomic E-state index is -0.222. The van der Waals surface area contributed by atoms with Crippen molar-refractivity contribution in [3.8, 4) is 0 Å². The van der Waals surface area contributed by atoms with Crippen LogP contribution >= 0.6 is 11.3 Å². The van der Waals surface area contributed by atoms with Crippen LogP contribution in [0, 0.1) is 0 Å². The van der Waals surface area contributed by atoms with Crippen LogP contribution < -0.4 is 5.32 Å². The van der Waals surface area contributed by atoms with Gasteiger partial charge in [0.05, 0.1) is 22.8 Å². The molecule has 134 valence electrons. The van der Waals surface area contributed by atoms with Gasteiger partial charge in [-0.15, -0.1) is 11.3 Å². The zero-order valence-electron chi connectivity index (χ0n) is 14.4. The van der Waals surface area contributed by atoms with Gasteiger partial charge in [-0.25, -0.2) is 9.50 Å². The number of likely N-dealkylation sites (tertiary alicyclic amines) is 1. The molecule has 1 aliphatic heterocycles. The van der Waals surface area contributed by atoms with E-state index < -0.39 is 0 Å². The highest BCUT2D eigenvalue weighted by atomic mass is 32.1. The molecule has 8 heteroatoms. The standard InChI is InChI=1S/C18H19N5O2S/c1-19-17(24)12-11-21-23-14(7-8-20-16(12)23)13-5-2-3-9-22(13)18(25)15-6-4-10-26-15/h4,6-8,10-11,13H,2-3,5,9H2,1H3,(H,19,24). The smallest absolute Gasteiger partial charge is 0.264 e. The average molecular weight is 369 g/mol. The molecule has 4 rings (SSSR count). The molecule has 3 aromatic rings. The number of thiophene rings is 1. The predicted molar refractivity (Wildman–Crippen MR) is 98.3 cm³/mol. The van der Waals surface area contributed by atoms with Gasteiger partial charge in [-0.3, -0.25) is 9.59 Å². The van der Waals surface area contributed by atoms with E-state index in [0.29, 0.717) is 11.2 Å². The van der Waals surface area contributed by atoms with Gasteiger partial charge in [0, 0.05) is 19.8 Å². The first-order valence-corrected chi connectivity index (χ1v) is 9.48. The second-order valence-corrected chi connectivity index (χ2v) is 7.18. The summed E-state index contributed by atoms with van der Waals surface area (Å²) in [4.78, 5) is 32.0. The van der Waals surface area contributed by atoms with Gasteiger partial charge in [0.1, 0.15) is 5.56 Å². The minimum absolute atomic E-state index is 0.0494. The van der Waals surface area contributed by atoms with Crippen molar-refractivity contribution in [1.29, 1.82) is 0 Å². The fourth-order valence-electron chi connectivity index (χ4n) is 3.48. The summed E-state index contributed by atoms with van der Waals surface area (Å²) in [5.74, 6) is -0.173. The number of carbonyl (C=O) groups is 2. The van der Waals surface area contributed by atoms with Gasteiger partial charge < -0.3 is 10.2 Å². The van der Waals surface area contributed by atoms with Crippen LogP contribution in [0.4, 0.5) is 0 Å². The van der Waals surface area contributed by atoms with Crippen LogP contribution in [0.2, 0.25) is 0 Å². The number of amides is 2. The van der Waals surface area contributed by atoms with E-state index in [1.807, 2.05) is 28.5 Å². The molecule has 4 heterocycles. The van der Waals surface area contributed by atoms with Crippen molar-refractivity contribution < 1.29 is 9.59 Å². The van der Waals surface area contributed by atoms with Gasteiger partial charge in [0.2, 0.25) is 0 Å². The number of fused-ring (bicyclic) bond motifs is 1. The van der Waals surface area contributed by atoms with E-state index in [1.165, 1.54) is 17.5 Å². The van der Waals surface area contributed by atoms with Crippen molar-refractivity contribution in [3.05, 3.63) is 52.1 Å². The Balaban J connectivity index is 1.76. The lowest BCUT2D eigenvalue weighted by Gasteiger charge is -2.35. The fraction of sp³-hybridized carbons (Fsp3) is 0.333. The molecule has 7 nitrogen and oxygen atoms in total. The van der Waals surface area contributed by atoms with Gasteiger partial charge in [-0.2, -0.15) is 5.10 Å². The number of aromatic nitrogens is 3. The van der Waals surface area contributed by atoms with E-state index in [9.17, 15) is 9.59 Å². The third kappa shape index (κ3) is 2.76. The van der Waals surface area contributed by atoms with Crippen LogP contribution in [0.25, 0.3) is 5.65 Å². The Morgan fingerprint density at radius 3 is 2.96 bits per heavy atom. The molecular formula is C18H19N5O2S. The van der Waals surface area contributed by atoms with E-state index >= 15 is 0 Å². The number of carbonyl (C=O) groups excluding carboxylic acids is 2. The molecule has 0 radical (unpaired) electrons. The Bertz CT molecular complexity index is 950. The highest BCUT2D eigenvalue weighted by molar-refractivity contribution is 7.12. The SMILES string of the molecule is CNC(=O)c1cnn2c(C3CCCCN3C(=O)c3cccs3)ccnc12. The molecule has 2 amide bonds. The van der Waals surface area contributed by atoms with Crippen molar-refractivity contribution in [3.63, 3.8) is 0 Å².